The van der Waals surface area contributed by atoms with E-state index in [0.29, 0.717) is 48.6 Å². The van der Waals surface area contributed by atoms with Crippen molar-refractivity contribution in [1.29, 1.82) is 0 Å². The minimum Gasteiger partial charge on any atom is -0.497 e. The van der Waals surface area contributed by atoms with Gasteiger partial charge in [0.2, 0.25) is 5.13 Å². The second-order valence-electron chi connectivity index (χ2n) is 7.93. The predicted molar refractivity (Wildman–Crippen MR) is 132 cm³/mol. The smallest absolute Gasteiger partial charge is 0.293 e. The number of hydrogen-bond acceptors (Lipinski definition) is 9. The van der Waals surface area contributed by atoms with Gasteiger partial charge in [-0.1, -0.05) is 11.3 Å². The van der Waals surface area contributed by atoms with Crippen LogP contribution in [0, 0.1) is 17.0 Å². The number of carbonyl (C=O) groups is 1. The van der Waals surface area contributed by atoms with Gasteiger partial charge in [-0.15, -0.1) is 0 Å². The maximum Gasteiger partial charge on any atom is 0.293 e. The van der Waals surface area contributed by atoms with Gasteiger partial charge in [-0.05, 0) is 37.3 Å². The van der Waals surface area contributed by atoms with Gasteiger partial charge >= 0.3 is 0 Å². The molecule has 35 heavy (non-hydrogen) atoms. The van der Waals surface area contributed by atoms with Crippen LogP contribution in [0.15, 0.2) is 42.5 Å². The van der Waals surface area contributed by atoms with Crippen molar-refractivity contribution < 1.29 is 19.2 Å². The number of rotatable bonds is 6. The van der Waals surface area contributed by atoms with Crippen molar-refractivity contribution >= 4 is 44.7 Å². The average Bonchev–Trinajstić information content (AvgIpc) is 3.46. The van der Waals surface area contributed by atoms with E-state index in [1.807, 2.05) is 30.0 Å². The summed E-state index contributed by atoms with van der Waals surface area (Å²) < 4.78 is 13.1. The third kappa shape index (κ3) is 4.53. The average molecular weight is 495 g/mol. The molecule has 5 rings (SSSR count). The van der Waals surface area contributed by atoms with Crippen molar-refractivity contribution in [1.82, 2.24) is 14.8 Å². The van der Waals surface area contributed by atoms with Gasteiger partial charge in [-0.2, -0.15) is 9.78 Å². The van der Waals surface area contributed by atoms with Crippen LogP contribution in [-0.2, 0) is 4.74 Å². The quantitative estimate of drug-likeness (QED) is 0.317. The predicted octanol–water partition coefficient (Wildman–Crippen LogP) is 3.80. The fourth-order valence-corrected chi connectivity index (χ4v) is 4.88. The summed E-state index contributed by atoms with van der Waals surface area (Å²) in [4.78, 5) is 30.9. The van der Waals surface area contributed by atoms with Crippen LogP contribution in [0.2, 0.25) is 0 Å². The minimum absolute atomic E-state index is 0.121. The Kier molecular flexibility index (Phi) is 6.05. The van der Waals surface area contributed by atoms with Gasteiger partial charge in [0.05, 0.1) is 41.2 Å². The van der Waals surface area contributed by atoms with Crippen molar-refractivity contribution in [3.63, 3.8) is 0 Å². The van der Waals surface area contributed by atoms with Gasteiger partial charge in [-0.3, -0.25) is 14.9 Å². The molecule has 0 saturated carbocycles. The van der Waals surface area contributed by atoms with E-state index < -0.39 is 10.8 Å². The SMILES string of the molecule is COc1ccc2nc(-n3nc(C)cc3NC(=O)c3ccc(N4CCOCC4)c([N+](=O)[O-])c3)sc2c1. The second-order valence-corrected chi connectivity index (χ2v) is 8.94. The Balaban J connectivity index is 1.44. The highest BCUT2D eigenvalue weighted by Crippen LogP contribution is 2.32. The number of benzene rings is 2. The number of methoxy groups -OCH3 is 1. The Morgan fingerprint density at radius 2 is 2.00 bits per heavy atom. The third-order valence-electron chi connectivity index (χ3n) is 5.62. The first-order valence-corrected chi connectivity index (χ1v) is 11.7. The second kappa shape index (κ2) is 9.31. The zero-order valence-electron chi connectivity index (χ0n) is 19.1. The molecule has 180 valence electrons. The Hall–Kier alpha value is -4.03. The molecule has 1 N–H and O–H groups in total. The Bertz CT molecular complexity index is 1430. The summed E-state index contributed by atoms with van der Waals surface area (Å²) in [7, 11) is 1.60. The first-order chi connectivity index (χ1) is 16.9. The number of fused-ring (bicyclic) bond motifs is 1. The standard InChI is InChI=1S/C23H22N6O5S/c1-14-11-21(28(26-14)23-24-17-5-4-16(33-2)13-20(17)35-23)25-22(30)15-3-6-18(19(12-15)29(31)32)27-7-9-34-10-8-27/h3-6,11-13H,7-10H2,1-2H3,(H,25,30). The van der Waals surface area contributed by atoms with Crippen LogP contribution < -0.4 is 15.0 Å². The van der Waals surface area contributed by atoms with E-state index >= 15 is 0 Å². The molecular formula is C23H22N6O5S. The number of aromatic nitrogens is 3. The van der Waals surface area contributed by atoms with Crippen molar-refractivity contribution in [2.75, 3.05) is 43.6 Å². The van der Waals surface area contributed by atoms with E-state index in [-0.39, 0.29) is 11.3 Å². The molecule has 1 saturated heterocycles. The molecule has 0 aliphatic carbocycles. The van der Waals surface area contributed by atoms with Crippen molar-refractivity contribution in [3.8, 4) is 10.9 Å². The molecule has 0 bridgehead atoms. The number of amides is 1. The molecule has 3 heterocycles. The fourth-order valence-electron chi connectivity index (χ4n) is 3.92. The first kappa shape index (κ1) is 22.7. The largest absolute Gasteiger partial charge is 0.497 e. The van der Waals surface area contributed by atoms with E-state index in [0.717, 1.165) is 16.0 Å². The van der Waals surface area contributed by atoms with Crippen LogP contribution in [0.4, 0.5) is 17.2 Å². The fraction of sp³-hybridized carbons (Fsp3) is 0.261. The zero-order chi connectivity index (χ0) is 24.5. The van der Waals surface area contributed by atoms with Crippen LogP contribution in [-0.4, -0.2) is 59.0 Å². The monoisotopic (exact) mass is 494 g/mol. The molecule has 11 nitrogen and oxygen atoms in total. The number of nitrogens with zero attached hydrogens (tertiary/aromatic N) is 5. The highest BCUT2D eigenvalue weighted by atomic mass is 32.1. The molecule has 1 fully saturated rings. The lowest BCUT2D eigenvalue weighted by Crippen LogP contribution is -2.36. The summed E-state index contributed by atoms with van der Waals surface area (Å²) in [6.45, 7) is 3.92. The normalized spacial score (nSPS) is 13.7. The maximum atomic E-state index is 13.1. The molecule has 2 aromatic heterocycles. The van der Waals surface area contributed by atoms with Gasteiger partial charge in [0.1, 0.15) is 17.3 Å². The summed E-state index contributed by atoms with van der Waals surface area (Å²) in [6.07, 6.45) is 0. The molecule has 1 aliphatic rings. The van der Waals surface area contributed by atoms with Crippen LogP contribution in [0.5, 0.6) is 5.75 Å². The summed E-state index contributed by atoms with van der Waals surface area (Å²) in [5, 5.41) is 19.6. The summed E-state index contributed by atoms with van der Waals surface area (Å²) >= 11 is 1.41. The number of nitro groups is 1. The van der Waals surface area contributed by atoms with Gasteiger partial charge in [0, 0.05) is 30.8 Å². The van der Waals surface area contributed by atoms with Gasteiger partial charge < -0.3 is 19.7 Å². The summed E-state index contributed by atoms with van der Waals surface area (Å²) in [6, 6.07) is 11.8. The van der Waals surface area contributed by atoms with Crippen molar-refractivity contribution in [2.45, 2.75) is 6.92 Å². The van der Waals surface area contributed by atoms with Crippen LogP contribution in [0.1, 0.15) is 16.1 Å². The lowest BCUT2D eigenvalue weighted by Gasteiger charge is -2.28. The highest BCUT2D eigenvalue weighted by Gasteiger charge is 2.24. The number of nitrogens with one attached hydrogen (secondary N) is 1. The van der Waals surface area contributed by atoms with Crippen LogP contribution >= 0.6 is 11.3 Å². The number of ether oxygens (including phenoxy) is 2. The topological polar surface area (TPSA) is 125 Å². The highest BCUT2D eigenvalue weighted by molar-refractivity contribution is 7.20. The van der Waals surface area contributed by atoms with E-state index in [9.17, 15) is 14.9 Å². The minimum atomic E-state index is -0.481. The maximum absolute atomic E-state index is 13.1. The Morgan fingerprint density at radius 1 is 1.20 bits per heavy atom. The zero-order valence-corrected chi connectivity index (χ0v) is 19.9. The van der Waals surface area contributed by atoms with E-state index in [1.165, 1.54) is 17.4 Å². The lowest BCUT2D eigenvalue weighted by molar-refractivity contribution is -0.384. The first-order valence-electron chi connectivity index (χ1n) is 10.9. The molecule has 0 radical (unpaired) electrons. The lowest BCUT2D eigenvalue weighted by atomic mass is 10.1. The van der Waals surface area contributed by atoms with Crippen molar-refractivity contribution in [3.05, 3.63) is 63.8 Å². The number of nitro benzene ring substituents is 1. The van der Waals surface area contributed by atoms with Crippen molar-refractivity contribution in [2.24, 2.45) is 0 Å². The number of carbonyl (C=O) groups excluding carboxylic acids is 1. The third-order valence-corrected chi connectivity index (χ3v) is 6.62. The molecule has 12 heteroatoms. The molecular weight excluding hydrogens is 472 g/mol. The van der Waals surface area contributed by atoms with Gasteiger partial charge in [0.25, 0.3) is 11.6 Å². The molecule has 0 atom stereocenters. The Labute approximate surface area is 204 Å². The number of thiazole rings is 1. The molecule has 1 amide bonds. The number of morpholine rings is 1. The summed E-state index contributed by atoms with van der Waals surface area (Å²) in [5.74, 6) is 0.656. The van der Waals surface area contributed by atoms with E-state index in [2.05, 4.69) is 15.4 Å². The molecule has 2 aromatic carbocycles. The molecule has 4 aromatic rings. The van der Waals surface area contributed by atoms with Crippen LogP contribution in [0.3, 0.4) is 0 Å². The van der Waals surface area contributed by atoms with Crippen LogP contribution in [0.25, 0.3) is 15.3 Å². The molecule has 0 unspecified atom stereocenters. The van der Waals surface area contributed by atoms with E-state index in [1.54, 1.807) is 30.0 Å². The number of hydrogen-bond donors (Lipinski definition) is 1. The number of aryl methyl sites for hydroxylation is 1. The summed E-state index contributed by atoms with van der Waals surface area (Å²) in [5.41, 5.74) is 1.99. The van der Waals surface area contributed by atoms with Gasteiger partial charge in [0.15, 0.2) is 0 Å². The number of anilines is 2. The molecule has 0 spiro atoms. The molecule has 1 aliphatic heterocycles. The Morgan fingerprint density at radius 3 is 2.74 bits per heavy atom. The van der Waals surface area contributed by atoms with E-state index in [4.69, 9.17) is 9.47 Å². The van der Waals surface area contributed by atoms with Gasteiger partial charge in [-0.25, -0.2) is 4.98 Å².